The highest BCUT2D eigenvalue weighted by atomic mass is 16.5. The van der Waals surface area contributed by atoms with Crippen LogP contribution in [0.4, 0.5) is 5.69 Å². The summed E-state index contributed by atoms with van der Waals surface area (Å²) in [4.78, 5) is 12.3. The molecular weight excluding hydrogens is 260 g/mol. The molecule has 0 atom stereocenters. The van der Waals surface area contributed by atoms with Crippen LogP contribution < -0.4 is 20.5 Å². The van der Waals surface area contributed by atoms with Crippen LogP contribution in [-0.4, -0.2) is 39.4 Å². The molecular formula is C14H20N2O4. The number of carbonyl (C=O) groups is 1. The summed E-state index contributed by atoms with van der Waals surface area (Å²) in [6.07, 6.45) is 1.62. The number of amides is 1. The highest BCUT2D eigenvalue weighted by Crippen LogP contribution is 2.31. The third-order valence-electron chi connectivity index (χ3n) is 3.37. The Bertz CT molecular complexity index is 484. The number of hydrogen-bond acceptors (Lipinski definition) is 5. The van der Waals surface area contributed by atoms with Gasteiger partial charge in [0, 0.05) is 25.3 Å². The molecule has 1 saturated heterocycles. The molecule has 0 spiro atoms. The number of anilines is 1. The van der Waals surface area contributed by atoms with Gasteiger partial charge in [0.15, 0.2) is 0 Å². The third-order valence-corrected chi connectivity index (χ3v) is 3.37. The van der Waals surface area contributed by atoms with Crippen molar-refractivity contribution in [3.63, 3.8) is 0 Å². The SMILES string of the molecule is COc1cc(OC)c(N)c(C(=O)NC2CCOCC2)c1. The molecule has 0 radical (unpaired) electrons. The van der Waals surface area contributed by atoms with Gasteiger partial charge in [-0.15, -0.1) is 0 Å². The van der Waals surface area contributed by atoms with Crippen molar-refractivity contribution in [1.82, 2.24) is 5.32 Å². The summed E-state index contributed by atoms with van der Waals surface area (Å²) in [7, 11) is 3.04. The van der Waals surface area contributed by atoms with Gasteiger partial charge >= 0.3 is 0 Å². The molecule has 1 aliphatic heterocycles. The number of methoxy groups -OCH3 is 2. The van der Waals surface area contributed by atoms with Gasteiger partial charge in [0.2, 0.25) is 0 Å². The molecule has 1 aromatic carbocycles. The van der Waals surface area contributed by atoms with E-state index in [2.05, 4.69) is 5.32 Å². The highest BCUT2D eigenvalue weighted by molar-refractivity contribution is 6.01. The van der Waals surface area contributed by atoms with Gasteiger partial charge < -0.3 is 25.3 Å². The maximum atomic E-state index is 12.3. The molecule has 2 rings (SSSR count). The minimum absolute atomic E-state index is 0.118. The minimum Gasteiger partial charge on any atom is -0.497 e. The first-order valence-corrected chi connectivity index (χ1v) is 6.55. The number of nitrogens with one attached hydrogen (secondary N) is 1. The summed E-state index contributed by atoms with van der Waals surface area (Å²) in [6, 6.07) is 3.39. The first kappa shape index (κ1) is 14.5. The summed E-state index contributed by atoms with van der Waals surface area (Å²) < 4.78 is 15.6. The van der Waals surface area contributed by atoms with E-state index in [0.29, 0.717) is 36.0 Å². The lowest BCUT2D eigenvalue weighted by Gasteiger charge is -2.23. The van der Waals surface area contributed by atoms with E-state index in [1.807, 2.05) is 0 Å². The maximum Gasteiger partial charge on any atom is 0.253 e. The van der Waals surface area contributed by atoms with E-state index < -0.39 is 0 Å². The van der Waals surface area contributed by atoms with E-state index in [4.69, 9.17) is 19.9 Å². The number of nitrogens with two attached hydrogens (primary N) is 1. The predicted molar refractivity (Wildman–Crippen MR) is 75.3 cm³/mol. The lowest BCUT2D eigenvalue weighted by Crippen LogP contribution is -2.39. The topological polar surface area (TPSA) is 82.8 Å². The van der Waals surface area contributed by atoms with Crippen molar-refractivity contribution in [2.45, 2.75) is 18.9 Å². The Morgan fingerprint density at radius 1 is 1.30 bits per heavy atom. The zero-order valence-electron chi connectivity index (χ0n) is 11.8. The maximum absolute atomic E-state index is 12.3. The zero-order chi connectivity index (χ0) is 14.5. The molecule has 0 aliphatic carbocycles. The zero-order valence-corrected chi connectivity index (χ0v) is 11.8. The molecule has 1 aliphatic rings. The normalized spacial score (nSPS) is 15.7. The quantitative estimate of drug-likeness (QED) is 0.810. The van der Waals surface area contributed by atoms with Crippen LogP contribution in [0.1, 0.15) is 23.2 Å². The smallest absolute Gasteiger partial charge is 0.253 e. The Hall–Kier alpha value is -1.95. The fraction of sp³-hybridized carbons (Fsp3) is 0.500. The third kappa shape index (κ3) is 3.14. The lowest BCUT2D eigenvalue weighted by atomic mass is 10.1. The van der Waals surface area contributed by atoms with Gasteiger partial charge in [-0.1, -0.05) is 0 Å². The van der Waals surface area contributed by atoms with Gasteiger partial charge in [-0.2, -0.15) is 0 Å². The van der Waals surface area contributed by atoms with Gasteiger partial charge in [0.1, 0.15) is 11.5 Å². The first-order valence-electron chi connectivity index (χ1n) is 6.55. The van der Waals surface area contributed by atoms with Gasteiger partial charge in [-0.3, -0.25) is 4.79 Å². The standard InChI is InChI=1S/C14H20N2O4/c1-18-10-7-11(13(15)12(8-10)19-2)14(17)16-9-3-5-20-6-4-9/h7-9H,3-6,15H2,1-2H3,(H,16,17). The second-order valence-electron chi connectivity index (χ2n) is 4.65. The molecule has 1 heterocycles. The molecule has 0 saturated carbocycles. The van der Waals surface area contributed by atoms with Crippen LogP contribution in [0.3, 0.4) is 0 Å². The van der Waals surface area contributed by atoms with Crippen LogP contribution in [0.5, 0.6) is 11.5 Å². The molecule has 6 heteroatoms. The van der Waals surface area contributed by atoms with Crippen molar-refractivity contribution in [3.8, 4) is 11.5 Å². The molecule has 110 valence electrons. The summed E-state index contributed by atoms with van der Waals surface area (Å²) in [6.45, 7) is 1.34. The molecule has 6 nitrogen and oxygen atoms in total. The fourth-order valence-electron chi connectivity index (χ4n) is 2.18. The fourth-order valence-corrected chi connectivity index (χ4v) is 2.18. The molecule has 1 fully saturated rings. The van der Waals surface area contributed by atoms with Gasteiger partial charge in [-0.25, -0.2) is 0 Å². The predicted octanol–water partition coefficient (Wildman–Crippen LogP) is 1.19. The van der Waals surface area contributed by atoms with Crippen LogP contribution in [0.15, 0.2) is 12.1 Å². The van der Waals surface area contributed by atoms with E-state index in [0.717, 1.165) is 12.8 Å². The second-order valence-corrected chi connectivity index (χ2v) is 4.65. The Balaban J connectivity index is 2.19. The van der Waals surface area contributed by atoms with Crippen LogP contribution in [0.25, 0.3) is 0 Å². The van der Waals surface area contributed by atoms with E-state index in [1.54, 1.807) is 12.1 Å². The van der Waals surface area contributed by atoms with Crippen LogP contribution in [0, 0.1) is 0 Å². The Labute approximate surface area is 118 Å². The highest BCUT2D eigenvalue weighted by Gasteiger charge is 2.20. The monoisotopic (exact) mass is 280 g/mol. The Morgan fingerprint density at radius 3 is 2.60 bits per heavy atom. The van der Waals surface area contributed by atoms with E-state index in [-0.39, 0.29) is 11.9 Å². The van der Waals surface area contributed by atoms with E-state index in [1.165, 1.54) is 14.2 Å². The number of nitrogen functional groups attached to an aromatic ring is 1. The van der Waals surface area contributed by atoms with Crippen molar-refractivity contribution >= 4 is 11.6 Å². The number of carbonyl (C=O) groups excluding carboxylic acids is 1. The molecule has 3 N–H and O–H groups in total. The van der Waals surface area contributed by atoms with Gasteiger partial charge in [-0.05, 0) is 18.9 Å². The van der Waals surface area contributed by atoms with Crippen LogP contribution >= 0.6 is 0 Å². The Kier molecular flexibility index (Phi) is 4.68. The summed E-state index contributed by atoms with van der Waals surface area (Å²) in [5.74, 6) is 0.751. The van der Waals surface area contributed by atoms with Crippen LogP contribution in [-0.2, 0) is 4.74 Å². The summed E-state index contributed by atoms with van der Waals surface area (Å²) in [5.41, 5.74) is 6.64. The number of hydrogen-bond donors (Lipinski definition) is 2. The lowest BCUT2D eigenvalue weighted by molar-refractivity contribution is 0.0696. The van der Waals surface area contributed by atoms with Crippen molar-refractivity contribution < 1.29 is 19.0 Å². The molecule has 20 heavy (non-hydrogen) atoms. The van der Waals surface area contributed by atoms with E-state index >= 15 is 0 Å². The summed E-state index contributed by atoms with van der Waals surface area (Å²) in [5, 5.41) is 2.97. The van der Waals surface area contributed by atoms with Gasteiger partial charge in [0.25, 0.3) is 5.91 Å². The van der Waals surface area contributed by atoms with Crippen molar-refractivity contribution in [3.05, 3.63) is 17.7 Å². The average Bonchev–Trinajstić information content (AvgIpc) is 2.48. The molecule has 0 unspecified atom stereocenters. The second kappa shape index (κ2) is 6.47. The average molecular weight is 280 g/mol. The largest absolute Gasteiger partial charge is 0.497 e. The van der Waals surface area contributed by atoms with E-state index in [9.17, 15) is 4.79 Å². The number of ether oxygens (including phenoxy) is 3. The molecule has 1 amide bonds. The van der Waals surface area contributed by atoms with Crippen molar-refractivity contribution in [2.75, 3.05) is 33.2 Å². The number of rotatable bonds is 4. The van der Waals surface area contributed by atoms with Gasteiger partial charge in [0.05, 0.1) is 25.5 Å². The first-order chi connectivity index (χ1) is 9.65. The van der Waals surface area contributed by atoms with Crippen LogP contribution in [0.2, 0.25) is 0 Å². The van der Waals surface area contributed by atoms with Crippen molar-refractivity contribution in [2.24, 2.45) is 0 Å². The summed E-state index contributed by atoms with van der Waals surface area (Å²) >= 11 is 0. The number of benzene rings is 1. The molecule has 1 aromatic rings. The van der Waals surface area contributed by atoms with Crippen molar-refractivity contribution in [1.29, 1.82) is 0 Å². The minimum atomic E-state index is -0.216. The molecule has 0 aromatic heterocycles. The molecule has 0 bridgehead atoms. The Morgan fingerprint density at radius 2 is 2.00 bits per heavy atom.